The third-order valence-corrected chi connectivity index (χ3v) is 3.86. The van der Waals surface area contributed by atoms with Crippen molar-refractivity contribution in [2.45, 2.75) is 39.5 Å². The zero-order valence-electron chi connectivity index (χ0n) is 12.3. The summed E-state index contributed by atoms with van der Waals surface area (Å²) >= 11 is 0. The first-order valence-electron chi connectivity index (χ1n) is 7.40. The molecule has 2 rings (SSSR count). The van der Waals surface area contributed by atoms with Crippen LogP contribution in [0.15, 0.2) is 0 Å². The van der Waals surface area contributed by atoms with Crippen molar-refractivity contribution in [3.05, 3.63) is 16.8 Å². The number of hydrogen-bond acceptors (Lipinski definition) is 5. The highest BCUT2D eigenvalue weighted by Gasteiger charge is 2.17. The van der Waals surface area contributed by atoms with E-state index >= 15 is 0 Å². The lowest BCUT2D eigenvalue weighted by molar-refractivity contribution is 0.0699. The van der Waals surface area contributed by atoms with E-state index in [9.17, 15) is 5.26 Å². The van der Waals surface area contributed by atoms with Crippen LogP contribution < -0.4 is 5.32 Å². The van der Waals surface area contributed by atoms with Gasteiger partial charge >= 0.3 is 0 Å². The molecule has 1 fully saturated rings. The average Bonchev–Trinajstić information content (AvgIpc) is 2.52. The molecule has 0 atom stereocenters. The van der Waals surface area contributed by atoms with Gasteiger partial charge in [-0.3, -0.25) is 0 Å². The van der Waals surface area contributed by atoms with E-state index in [2.05, 4.69) is 28.5 Å². The molecule has 108 valence electrons. The lowest BCUT2D eigenvalue weighted by Crippen LogP contribution is -2.23. The molecule has 1 aliphatic heterocycles. The van der Waals surface area contributed by atoms with Gasteiger partial charge in [0.25, 0.3) is 0 Å². The fourth-order valence-corrected chi connectivity index (χ4v) is 2.61. The maximum atomic E-state index is 9.41. The SMILES string of the molecule is CCc1nnc(NCC2CCOCC2)c(C#N)c1CC. The number of nitriles is 1. The largest absolute Gasteiger partial charge is 0.381 e. The molecule has 5 nitrogen and oxygen atoms in total. The first-order chi connectivity index (χ1) is 9.80. The monoisotopic (exact) mass is 274 g/mol. The van der Waals surface area contributed by atoms with E-state index in [1.807, 2.05) is 6.92 Å². The molecule has 2 heterocycles. The van der Waals surface area contributed by atoms with E-state index in [0.717, 1.165) is 56.7 Å². The van der Waals surface area contributed by atoms with Crippen molar-refractivity contribution in [1.29, 1.82) is 5.26 Å². The predicted octanol–water partition coefficient (Wildman–Crippen LogP) is 2.31. The van der Waals surface area contributed by atoms with Crippen LogP contribution in [0.25, 0.3) is 0 Å². The standard InChI is InChI=1S/C15H22N4O/c1-3-12-13(9-16)15(19-18-14(12)4-2)17-10-11-5-7-20-8-6-11/h11H,3-8,10H2,1-2H3,(H,17,19). The number of hydrogen-bond donors (Lipinski definition) is 1. The van der Waals surface area contributed by atoms with Gasteiger partial charge in [0.15, 0.2) is 5.82 Å². The number of aromatic nitrogens is 2. The zero-order valence-corrected chi connectivity index (χ0v) is 12.3. The van der Waals surface area contributed by atoms with Crippen LogP contribution in [0.5, 0.6) is 0 Å². The Kier molecular flexibility index (Phi) is 5.31. The van der Waals surface area contributed by atoms with E-state index in [4.69, 9.17) is 4.74 Å². The summed E-state index contributed by atoms with van der Waals surface area (Å²) in [6, 6.07) is 2.29. The van der Waals surface area contributed by atoms with E-state index < -0.39 is 0 Å². The third-order valence-electron chi connectivity index (χ3n) is 3.86. The number of rotatable bonds is 5. The van der Waals surface area contributed by atoms with Crippen molar-refractivity contribution in [3.8, 4) is 6.07 Å². The van der Waals surface area contributed by atoms with Crippen LogP contribution in [0, 0.1) is 17.2 Å². The van der Waals surface area contributed by atoms with Crippen LogP contribution in [-0.4, -0.2) is 30.0 Å². The summed E-state index contributed by atoms with van der Waals surface area (Å²) in [6.07, 6.45) is 3.75. The minimum absolute atomic E-state index is 0.591. The van der Waals surface area contributed by atoms with Gasteiger partial charge in [0.1, 0.15) is 11.6 Å². The minimum atomic E-state index is 0.591. The summed E-state index contributed by atoms with van der Waals surface area (Å²) in [4.78, 5) is 0. The summed E-state index contributed by atoms with van der Waals surface area (Å²) < 4.78 is 5.36. The molecule has 0 aromatic carbocycles. The van der Waals surface area contributed by atoms with Gasteiger partial charge in [0.2, 0.25) is 0 Å². The average molecular weight is 274 g/mol. The third kappa shape index (κ3) is 3.26. The second kappa shape index (κ2) is 7.20. The first-order valence-corrected chi connectivity index (χ1v) is 7.40. The van der Waals surface area contributed by atoms with Gasteiger partial charge in [0.05, 0.1) is 5.69 Å². The summed E-state index contributed by atoms with van der Waals surface area (Å²) in [5.74, 6) is 1.22. The normalized spacial score (nSPS) is 15.8. The Bertz CT molecular complexity index is 489. The molecule has 0 spiro atoms. The summed E-state index contributed by atoms with van der Waals surface area (Å²) in [6.45, 7) is 6.59. The zero-order chi connectivity index (χ0) is 14.4. The highest BCUT2D eigenvalue weighted by molar-refractivity contribution is 5.56. The molecule has 0 amide bonds. The number of aryl methyl sites for hydroxylation is 1. The van der Waals surface area contributed by atoms with E-state index in [-0.39, 0.29) is 0 Å². The molecule has 0 bridgehead atoms. The molecule has 0 aliphatic carbocycles. The highest BCUT2D eigenvalue weighted by atomic mass is 16.5. The Morgan fingerprint density at radius 2 is 2.00 bits per heavy atom. The Hall–Kier alpha value is -1.67. The second-order valence-corrected chi connectivity index (χ2v) is 5.10. The lowest BCUT2D eigenvalue weighted by atomic mass is 10.00. The molecule has 20 heavy (non-hydrogen) atoms. The predicted molar refractivity (Wildman–Crippen MR) is 77.5 cm³/mol. The molecule has 1 aliphatic rings. The maximum absolute atomic E-state index is 9.41. The van der Waals surface area contributed by atoms with Crippen molar-refractivity contribution in [3.63, 3.8) is 0 Å². The number of anilines is 1. The number of nitrogens with zero attached hydrogens (tertiary/aromatic N) is 3. The van der Waals surface area contributed by atoms with Crippen LogP contribution in [-0.2, 0) is 17.6 Å². The summed E-state index contributed by atoms with van der Waals surface area (Å²) in [5, 5.41) is 21.2. The topological polar surface area (TPSA) is 70.8 Å². The Labute approximate surface area is 120 Å². The van der Waals surface area contributed by atoms with Gasteiger partial charge in [-0.15, -0.1) is 5.10 Å². The van der Waals surface area contributed by atoms with E-state index in [0.29, 0.717) is 17.3 Å². The number of ether oxygens (including phenoxy) is 1. The Morgan fingerprint density at radius 3 is 2.60 bits per heavy atom. The van der Waals surface area contributed by atoms with Crippen LogP contribution in [0.4, 0.5) is 5.82 Å². The van der Waals surface area contributed by atoms with Crippen LogP contribution in [0.1, 0.15) is 43.5 Å². The van der Waals surface area contributed by atoms with Gasteiger partial charge in [-0.05, 0) is 37.2 Å². The maximum Gasteiger partial charge on any atom is 0.166 e. The van der Waals surface area contributed by atoms with Gasteiger partial charge in [-0.1, -0.05) is 13.8 Å². The van der Waals surface area contributed by atoms with E-state index in [1.54, 1.807) is 0 Å². The smallest absolute Gasteiger partial charge is 0.166 e. The van der Waals surface area contributed by atoms with Crippen molar-refractivity contribution in [2.24, 2.45) is 5.92 Å². The lowest BCUT2D eigenvalue weighted by Gasteiger charge is -2.22. The molecule has 0 radical (unpaired) electrons. The van der Waals surface area contributed by atoms with Crippen LogP contribution >= 0.6 is 0 Å². The molecule has 0 saturated carbocycles. The summed E-state index contributed by atoms with van der Waals surface area (Å²) in [7, 11) is 0. The van der Waals surface area contributed by atoms with Crippen LogP contribution in [0.2, 0.25) is 0 Å². The second-order valence-electron chi connectivity index (χ2n) is 5.10. The molecule has 0 unspecified atom stereocenters. The fraction of sp³-hybridized carbons (Fsp3) is 0.667. The van der Waals surface area contributed by atoms with Gasteiger partial charge < -0.3 is 10.1 Å². The van der Waals surface area contributed by atoms with Gasteiger partial charge in [-0.25, -0.2) is 0 Å². The fourth-order valence-electron chi connectivity index (χ4n) is 2.61. The Morgan fingerprint density at radius 1 is 1.25 bits per heavy atom. The molecule has 5 heteroatoms. The van der Waals surface area contributed by atoms with Gasteiger partial charge in [0, 0.05) is 19.8 Å². The number of nitrogens with one attached hydrogen (secondary N) is 1. The summed E-state index contributed by atoms with van der Waals surface area (Å²) in [5.41, 5.74) is 2.62. The molecule has 1 aromatic heterocycles. The molecular weight excluding hydrogens is 252 g/mol. The van der Waals surface area contributed by atoms with Crippen molar-refractivity contribution < 1.29 is 4.74 Å². The highest BCUT2D eigenvalue weighted by Crippen LogP contribution is 2.21. The first kappa shape index (κ1) is 14.7. The quantitative estimate of drug-likeness (QED) is 0.892. The Balaban J connectivity index is 2.12. The molecule has 1 saturated heterocycles. The minimum Gasteiger partial charge on any atom is -0.381 e. The molecule has 1 aromatic rings. The van der Waals surface area contributed by atoms with Crippen molar-refractivity contribution >= 4 is 5.82 Å². The van der Waals surface area contributed by atoms with Crippen molar-refractivity contribution in [1.82, 2.24) is 10.2 Å². The molecular formula is C15H22N4O. The van der Waals surface area contributed by atoms with E-state index in [1.165, 1.54) is 0 Å². The van der Waals surface area contributed by atoms with Gasteiger partial charge in [-0.2, -0.15) is 10.4 Å². The molecule has 1 N–H and O–H groups in total. The van der Waals surface area contributed by atoms with Crippen LogP contribution in [0.3, 0.4) is 0 Å². The van der Waals surface area contributed by atoms with Crippen molar-refractivity contribution in [2.75, 3.05) is 25.1 Å².